The van der Waals surface area contributed by atoms with Crippen molar-refractivity contribution in [3.63, 3.8) is 0 Å². The Morgan fingerprint density at radius 3 is 2.58 bits per heavy atom. The Balaban J connectivity index is 1.76. The first-order chi connectivity index (χ1) is 15.1. The Kier molecular flexibility index (Phi) is 4.83. The number of carbonyl (C=O) groups is 1. The maximum Gasteiger partial charge on any atom is 0.409 e. The number of hydrogen-bond donors (Lipinski definition) is 1. The number of para-hydroxylation sites is 1. The number of nitrogens with zero attached hydrogens (tertiary/aromatic N) is 5. The molecule has 154 valence electrons. The molecule has 3 heterocycles. The Morgan fingerprint density at radius 2 is 1.84 bits per heavy atom. The highest BCUT2D eigenvalue weighted by Crippen LogP contribution is 2.33. The second-order valence-electron chi connectivity index (χ2n) is 7.17. The van der Waals surface area contributed by atoms with E-state index in [0.717, 1.165) is 27.4 Å². The number of thiophene rings is 1. The molecule has 2 aromatic heterocycles. The van der Waals surface area contributed by atoms with Crippen molar-refractivity contribution in [3.8, 4) is 5.69 Å². The molecule has 0 fully saturated rings. The minimum atomic E-state index is -1.06. The van der Waals surface area contributed by atoms with Crippen molar-refractivity contribution in [1.82, 2.24) is 19.7 Å². The maximum absolute atomic E-state index is 12.4. The zero-order chi connectivity index (χ0) is 21.4. The van der Waals surface area contributed by atoms with Crippen molar-refractivity contribution in [3.05, 3.63) is 99.8 Å². The van der Waals surface area contributed by atoms with Crippen LogP contribution in [-0.2, 0) is 6.54 Å². The van der Waals surface area contributed by atoms with E-state index in [1.165, 1.54) is 16.2 Å². The maximum atomic E-state index is 12.4. The van der Waals surface area contributed by atoms with Gasteiger partial charge in [0.2, 0.25) is 0 Å². The highest BCUT2D eigenvalue weighted by Gasteiger charge is 2.34. The zero-order valence-corrected chi connectivity index (χ0v) is 17.5. The van der Waals surface area contributed by atoms with E-state index in [4.69, 9.17) is 4.99 Å². The lowest BCUT2D eigenvalue weighted by atomic mass is 10.0. The molecule has 8 heteroatoms. The molecule has 31 heavy (non-hydrogen) atoms. The molecule has 0 saturated heterocycles. The van der Waals surface area contributed by atoms with Crippen LogP contribution < -0.4 is 0 Å². The van der Waals surface area contributed by atoms with Crippen LogP contribution in [0.3, 0.4) is 0 Å². The Bertz CT molecular complexity index is 1260. The standard InChI is InChI=1S/C23H19N5O2S/c1-15-25-26-22-21(27(23(29)30)14-17-10-7-13-31-17)24-20(16-8-3-2-4-9-16)18-11-5-6-12-19(18)28(15)22/h2-13,21H,14H2,1H3,(H,29,30). The highest BCUT2D eigenvalue weighted by molar-refractivity contribution is 7.09. The monoisotopic (exact) mass is 429 g/mol. The van der Waals surface area contributed by atoms with Gasteiger partial charge in [0.25, 0.3) is 0 Å². The average molecular weight is 430 g/mol. The Hall–Kier alpha value is -3.78. The van der Waals surface area contributed by atoms with Crippen LogP contribution in [0.5, 0.6) is 0 Å². The van der Waals surface area contributed by atoms with Crippen LogP contribution >= 0.6 is 11.3 Å². The van der Waals surface area contributed by atoms with Gasteiger partial charge in [-0.25, -0.2) is 4.79 Å². The van der Waals surface area contributed by atoms with E-state index in [9.17, 15) is 9.90 Å². The molecule has 1 amide bonds. The predicted molar refractivity (Wildman–Crippen MR) is 119 cm³/mol. The molecule has 0 bridgehead atoms. The summed E-state index contributed by atoms with van der Waals surface area (Å²) in [4.78, 5) is 19.6. The molecule has 1 atom stereocenters. The Labute approximate surface area is 182 Å². The smallest absolute Gasteiger partial charge is 0.409 e. The van der Waals surface area contributed by atoms with Crippen molar-refractivity contribution in [2.24, 2.45) is 4.99 Å². The normalized spacial score (nSPS) is 14.9. The number of amides is 1. The third kappa shape index (κ3) is 3.40. The Morgan fingerprint density at radius 1 is 1.06 bits per heavy atom. The van der Waals surface area contributed by atoms with E-state index in [1.807, 2.05) is 83.6 Å². The molecule has 0 spiro atoms. The van der Waals surface area contributed by atoms with Gasteiger partial charge in [-0.3, -0.25) is 14.5 Å². The molecule has 1 unspecified atom stereocenters. The van der Waals surface area contributed by atoms with Gasteiger partial charge in [0, 0.05) is 16.0 Å². The summed E-state index contributed by atoms with van der Waals surface area (Å²) >= 11 is 1.51. The first-order valence-corrected chi connectivity index (χ1v) is 10.7. The van der Waals surface area contributed by atoms with Gasteiger partial charge < -0.3 is 5.11 Å². The summed E-state index contributed by atoms with van der Waals surface area (Å²) in [7, 11) is 0. The van der Waals surface area contributed by atoms with Crippen LogP contribution in [0.2, 0.25) is 0 Å². The van der Waals surface area contributed by atoms with E-state index in [-0.39, 0.29) is 6.54 Å². The molecule has 0 aliphatic carbocycles. The zero-order valence-electron chi connectivity index (χ0n) is 16.7. The van der Waals surface area contributed by atoms with Gasteiger partial charge in [-0.1, -0.05) is 54.6 Å². The van der Waals surface area contributed by atoms with Crippen molar-refractivity contribution in [1.29, 1.82) is 0 Å². The van der Waals surface area contributed by atoms with Crippen LogP contribution in [0.25, 0.3) is 5.69 Å². The van der Waals surface area contributed by atoms with Gasteiger partial charge in [-0.2, -0.15) is 0 Å². The van der Waals surface area contributed by atoms with Gasteiger partial charge in [-0.15, -0.1) is 21.5 Å². The van der Waals surface area contributed by atoms with Crippen LogP contribution in [-0.4, -0.2) is 36.6 Å². The molecule has 0 radical (unpaired) electrons. The third-order valence-electron chi connectivity index (χ3n) is 5.23. The predicted octanol–water partition coefficient (Wildman–Crippen LogP) is 4.67. The second kappa shape index (κ2) is 7.81. The van der Waals surface area contributed by atoms with Crippen molar-refractivity contribution < 1.29 is 9.90 Å². The fraction of sp³-hybridized carbons (Fsp3) is 0.130. The molecule has 1 N–H and O–H groups in total. The van der Waals surface area contributed by atoms with Crippen molar-refractivity contribution >= 4 is 23.1 Å². The number of aryl methyl sites for hydroxylation is 1. The fourth-order valence-corrected chi connectivity index (χ4v) is 4.53. The molecular formula is C23H19N5O2S. The summed E-state index contributed by atoms with van der Waals surface area (Å²) in [6.07, 6.45) is -1.91. The van der Waals surface area contributed by atoms with E-state index < -0.39 is 12.3 Å². The van der Waals surface area contributed by atoms with E-state index in [0.29, 0.717) is 11.6 Å². The lowest BCUT2D eigenvalue weighted by Crippen LogP contribution is -2.33. The van der Waals surface area contributed by atoms with Crippen LogP contribution in [0, 0.1) is 6.92 Å². The SMILES string of the molecule is Cc1nnc2n1-c1ccccc1C(c1ccccc1)=NC2N(Cc1cccs1)C(=O)O. The number of hydrogen-bond acceptors (Lipinski definition) is 5. The first kappa shape index (κ1) is 19.2. The largest absolute Gasteiger partial charge is 0.465 e. The van der Waals surface area contributed by atoms with Gasteiger partial charge in [0.1, 0.15) is 5.82 Å². The summed E-state index contributed by atoms with van der Waals surface area (Å²) in [5.74, 6) is 1.16. The number of benzene rings is 2. The number of aliphatic imine (C=N–C) groups is 1. The number of carboxylic acid groups (broad SMARTS) is 1. The topological polar surface area (TPSA) is 83.6 Å². The van der Waals surface area contributed by atoms with Gasteiger partial charge in [-0.05, 0) is 24.4 Å². The number of fused-ring (bicyclic) bond motifs is 3. The quantitative estimate of drug-likeness (QED) is 0.511. The number of aromatic nitrogens is 3. The summed E-state index contributed by atoms with van der Waals surface area (Å²) in [6.45, 7) is 2.08. The molecule has 1 aliphatic rings. The van der Waals surface area contributed by atoms with Crippen molar-refractivity contribution in [2.45, 2.75) is 19.6 Å². The summed E-state index contributed by atoms with van der Waals surface area (Å²) in [5, 5.41) is 20.7. The fourth-order valence-electron chi connectivity index (χ4n) is 3.83. The van der Waals surface area contributed by atoms with Gasteiger partial charge in [0.05, 0.1) is 17.9 Å². The molecule has 2 aromatic carbocycles. The van der Waals surface area contributed by atoms with Gasteiger partial charge in [0.15, 0.2) is 12.0 Å². The van der Waals surface area contributed by atoms with Crippen LogP contribution in [0.1, 0.15) is 33.8 Å². The molecule has 7 nitrogen and oxygen atoms in total. The second-order valence-corrected chi connectivity index (χ2v) is 8.20. The molecule has 4 aromatic rings. The lowest BCUT2D eigenvalue weighted by molar-refractivity contribution is 0.120. The van der Waals surface area contributed by atoms with Crippen LogP contribution in [0.4, 0.5) is 4.79 Å². The summed E-state index contributed by atoms with van der Waals surface area (Å²) in [5.41, 5.74) is 3.43. The van der Waals surface area contributed by atoms with Gasteiger partial charge >= 0.3 is 6.09 Å². The summed E-state index contributed by atoms with van der Waals surface area (Å²) < 4.78 is 1.91. The van der Waals surface area contributed by atoms with E-state index in [1.54, 1.807) is 0 Å². The first-order valence-electron chi connectivity index (χ1n) is 9.80. The van der Waals surface area contributed by atoms with E-state index in [2.05, 4.69) is 10.2 Å². The van der Waals surface area contributed by atoms with Crippen molar-refractivity contribution in [2.75, 3.05) is 0 Å². The minimum Gasteiger partial charge on any atom is -0.465 e. The highest BCUT2D eigenvalue weighted by atomic mass is 32.1. The molecule has 5 rings (SSSR count). The molecule has 0 saturated carbocycles. The summed E-state index contributed by atoms with van der Waals surface area (Å²) in [6, 6.07) is 21.5. The molecule has 1 aliphatic heterocycles. The van der Waals surface area contributed by atoms with Crippen LogP contribution in [0.15, 0.2) is 77.1 Å². The van der Waals surface area contributed by atoms with E-state index >= 15 is 0 Å². The molecular weight excluding hydrogens is 410 g/mol. The lowest BCUT2D eigenvalue weighted by Gasteiger charge is -2.25. The minimum absolute atomic E-state index is 0.214. The average Bonchev–Trinajstić information content (AvgIpc) is 3.40. The third-order valence-corrected chi connectivity index (χ3v) is 6.09. The number of rotatable bonds is 4.